The summed E-state index contributed by atoms with van der Waals surface area (Å²) in [5.41, 5.74) is 4.00. The molecule has 0 aliphatic heterocycles. The predicted molar refractivity (Wildman–Crippen MR) is 125 cm³/mol. The van der Waals surface area contributed by atoms with E-state index in [1.165, 1.54) is 0 Å². The zero-order valence-electron chi connectivity index (χ0n) is 17.8. The van der Waals surface area contributed by atoms with E-state index in [4.69, 9.17) is 21.1 Å². The second-order valence-corrected chi connectivity index (χ2v) is 7.12. The molecule has 2 amide bonds. The largest absolute Gasteiger partial charge is 0.497 e. The van der Waals surface area contributed by atoms with Crippen LogP contribution in [0.15, 0.2) is 77.9 Å². The van der Waals surface area contributed by atoms with Crippen molar-refractivity contribution in [2.75, 3.05) is 12.4 Å². The molecule has 8 nitrogen and oxygen atoms in total. The van der Waals surface area contributed by atoms with Crippen LogP contribution in [0.1, 0.15) is 22.8 Å². The van der Waals surface area contributed by atoms with E-state index in [2.05, 4.69) is 15.8 Å². The van der Waals surface area contributed by atoms with Crippen LogP contribution in [0, 0.1) is 0 Å². The standard InChI is InChI=1S/C24H20ClN3O5/c1-15(27-28-23(30)22(29)26-21-6-4-3-5-20(21)25)16-7-13-19(14-8-16)33-24(31)17-9-11-18(32-2)12-10-17/h3-14H,1-2H3,(H,26,29)(H,28,30). The number of nitrogens with zero attached hydrogens (tertiary/aromatic N) is 1. The molecule has 33 heavy (non-hydrogen) atoms. The van der Waals surface area contributed by atoms with Gasteiger partial charge in [-0.05, 0) is 73.2 Å². The molecular formula is C24H20ClN3O5. The number of hydrogen-bond acceptors (Lipinski definition) is 6. The zero-order valence-corrected chi connectivity index (χ0v) is 18.6. The van der Waals surface area contributed by atoms with Gasteiger partial charge in [0.25, 0.3) is 0 Å². The van der Waals surface area contributed by atoms with E-state index in [1.54, 1.807) is 86.8 Å². The van der Waals surface area contributed by atoms with Gasteiger partial charge in [0.15, 0.2) is 0 Å². The number of anilines is 1. The fourth-order valence-corrected chi connectivity index (χ4v) is 2.83. The molecule has 3 rings (SSSR count). The number of amides is 2. The molecule has 0 unspecified atom stereocenters. The minimum absolute atomic E-state index is 0.311. The molecule has 2 N–H and O–H groups in total. The lowest BCUT2D eigenvalue weighted by Crippen LogP contribution is -2.33. The smallest absolute Gasteiger partial charge is 0.343 e. The van der Waals surface area contributed by atoms with Gasteiger partial charge in [-0.3, -0.25) is 9.59 Å². The van der Waals surface area contributed by atoms with Gasteiger partial charge in [0.2, 0.25) is 0 Å². The molecule has 0 heterocycles. The number of para-hydroxylation sites is 1. The minimum Gasteiger partial charge on any atom is -0.497 e. The first-order chi connectivity index (χ1) is 15.9. The highest BCUT2D eigenvalue weighted by Crippen LogP contribution is 2.20. The van der Waals surface area contributed by atoms with Gasteiger partial charge in [-0.1, -0.05) is 23.7 Å². The molecule has 3 aromatic carbocycles. The highest BCUT2D eigenvalue weighted by atomic mass is 35.5. The molecule has 0 aromatic heterocycles. The maximum Gasteiger partial charge on any atom is 0.343 e. The van der Waals surface area contributed by atoms with Crippen LogP contribution in [0.4, 0.5) is 5.69 Å². The number of hydrogen-bond donors (Lipinski definition) is 2. The Morgan fingerprint density at radius 1 is 0.818 bits per heavy atom. The van der Waals surface area contributed by atoms with E-state index in [0.717, 1.165) is 0 Å². The molecule has 0 aliphatic rings. The van der Waals surface area contributed by atoms with Crippen LogP contribution in [-0.2, 0) is 9.59 Å². The first-order valence-corrected chi connectivity index (χ1v) is 10.1. The fourth-order valence-electron chi connectivity index (χ4n) is 2.65. The zero-order chi connectivity index (χ0) is 23.8. The highest BCUT2D eigenvalue weighted by Gasteiger charge is 2.15. The van der Waals surface area contributed by atoms with Gasteiger partial charge in [-0.15, -0.1) is 0 Å². The van der Waals surface area contributed by atoms with Gasteiger partial charge in [-0.2, -0.15) is 5.10 Å². The Labute approximate surface area is 195 Å². The molecule has 0 aliphatic carbocycles. The Morgan fingerprint density at radius 3 is 2.06 bits per heavy atom. The van der Waals surface area contributed by atoms with E-state index < -0.39 is 17.8 Å². The quantitative estimate of drug-likeness (QED) is 0.188. The van der Waals surface area contributed by atoms with Crippen molar-refractivity contribution in [2.45, 2.75) is 6.92 Å². The molecule has 3 aromatic rings. The number of hydrazone groups is 1. The third-order valence-electron chi connectivity index (χ3n) is 4.46. The van der Waals surface area contributed by atoms with Crippen molar-refractivity contribution in [3.8, 4) is 11.5 Å². The number of methoxy groups -OCH3 is 1. The van der Waals surface area contributed by atoms with Crippen molar-refractivity contribution >= 4 is 40.8 Å². The molecule has 9 heteroatoms. The van der Waals surface area contributed by atoms with Gasteiger partial charge < -0.3 is 14.8 Å². The molecule has 0 spiro atoms. The first kappa shape index (κ1) is 23.5. The second kappa shape index (κ2) is 10.9. The Kier molecular flexibility index (Phi) is 7.77. The van der Waals surface area contributed by atoms with Gasteiger partial charge in [0.1, 0.15) is 11.5 Å². The van der Waals surface area contributed by atoms with Crippen molar-refractivity contribution in [3.63, 3.8) is 0 Å². The number of rotatable bonds is 6. The number of halogens is 1. The number of carbonyl (C=O) groups is 3. The van der Waals surface area contributed by atoms with Crippen LogP contribution in [0.5, 0.6) is 11.5 Å². The van der Waals surface area contributed by atoms with Gasteiger partial charge in [-0.25, -0.2) is 10.2 Å². The molecular weight excluding hydrogens is 446 g/mol. The summed E-state index contributed by atoms with van der Waals surface area (Å²) in [6, 6.07) is 19.6. The van der Waals surface area contributed by atoms with Crippen LogP contribution < -0.4 is 20.2 Å². The molecule has 0 bridgehead atoms. The summed E-state index contributed by atoms with van der Waals surface area (Å²) in [6.45, 7) is 1.66. The normalized spacial score (nSPS) is 10.8. The van der Waals surface area contributed by atoms with Crippen molar-refractivity contribution in [2.24, 2.45) is 5.10 Å². The average molecular weight is 466 g/mol. The SMILES string of the molecule is COc1ccc(C(=O)Oc2ccc(C(C)=NNC(=O)C(=O)Nc3ccccc3Cl)cc2)cc1. The van der Waals surface area contributed by atoms with Crippen molar-refractivity contribution in [1.82, 2.24) is 5.43 Å². The lowest BCUT2D eigenvalue weighted by Gasteiger charge is -2.07. The number of esters is 1. The number of carbonyl (C=O) groups excluding carboxylic acids is 3. The monoisotopic (exact) mass is 465 g/mol. The van der Waals surface area contributed by atoms with E-state index in [1.807, 2.05) is 0 Å². The molecule has 0 radical (unpaired) electrons. The topological polar surface area (TPSA) is 106 Å². The number of nitrogens with one attached hydrogen (secondary N) is 2. The Balaban J connectivity index is 1.56. The predicted octanol–water partition coefficient (Wildman–Crippen LogP) is 4.05. The maximum atomic E-state index is 12.2. The Hall–Kier alpha value is -4.17. The molecule has 0 saturated heterocycles. The van der Waals surface area contributed by atoms with Crippen molar-refractivity contribution in [1.29, 1.82) is 0 Å². The van der Waals surface area contributed by atoms with Crippen LogP contribution in [0.2, 0.25) is 5.02 Å². The molecule has 0 fully saturated rings. The highest BCUT2D eigenvalue weighted by molar-refractivity contribution is 6.41. The van der Waals surface area contributed by atoms with E-state index in [0.29, 0.717) is 39.0 Å². The Bertz CT molecular complexity index is 1190. The fraction of sp³-hybridized carbons (Fsp3) is 0.0833. The van der Waals surface area contributed by atoms with E-state index in [9.17, 15) is 14.4 Å². The lowest BCUT2D eigenvalue weighted by atomic mass is 10.1. The second-order valence-electron chi connectivity index (χ2n) is 6.71. The van der Waals surface area contributed by atoms with Crippen molar-refractivity contribution in [3.05, 3.63) is 88.9 Å². The summed E-state index contributed by atoms with van der Waals surface area (Å²) < 4.78 is 10.4. The van der Waals surface area contributed by atoms with Gasteiger partial charge in [0.05, 0.1) is 29.1 Å². The van der Waals surface area contributed by atoms with Gasteiger partial charge in [0, 0.05) is 0 Å². The summed E-state index contributed by atoms with van der Waals surface area (Å²) in [4.78, 5) is 36.3. The molecule has 0 saturated carbocycles. The number of ether oxygens (including phenoxy) is 2. The summed E-state index contributed by atoms with van der Waals surface area (Å²) in [5, 5.41) is 6.66. The molecule has 0 atom stereocenters. The van der Waals surface area contributed by atoms with Crippen LogP contribution >= 0.6 is 11.6 Å². The third-order valence-corrected chi connectivity index (χ3v) is 4.79. The van der Waals surface area contributed by atoms with Crippen LogP contribution in [-0.4, -0.2) is 30.6 Å². The summed E-state index contributed by atoms with van der Waals surface area (Å²) in [5.74, 6) is -1.37. The van der Waals surface area contributed by atoms with Gasteiger partial charge >= 0.3 is 17.8 Å². The summed E-state index contributed by atoms with van der Waals surface area (Å²) >= 11 is 5.96. The van der Waals surface area contributed by atoms with Crippen LogP contribution in [0.25, 0.3) is 0 Å². The number of benzene rings is 3. The minimum atomic E-state index is -0.945. The van der Waals surface area contributed by atoms with E-state index >= 15 is 0 Å². The van der Waals surface area contributed by atoms with Crippen LogP contribution in [0.3, 0.4) is 0 Å². The lowest BCUT2D eigenvalue weighted by molar-refractivity contribution is -0.136. The molecule has 168 valence electrons. The first-order valence-electron chi connectivity index (χ1n) is 9.74. The third kappa shape index (κ3) is 6.41. The van der Waals surface area contributed by atoms with E-state index in [-0.39, 0.29) is 0 Å². The van der Waals surface area contributed by atoms with Crippen molar-refractivity contribution < 1.29 is 23.9 Å². The maximum absolute atomic E-state index is 12.2. The Morgan fingerprint density at radius 2 is 1.42 bits per heavy atom. The average Bonchev–Trinajstić information content (AvgIpc) is 2.84. The summed E-state index contributed by atoms with van der Waals surface area (Å²) in [7, 11) is 1.54. The summed E-state index contributed by atoms with van der Waals surface area (Å²) in [6.07, 6.45) is 0.